The lowest BCUT2D eigenvalue weighted by Gasteiger charge is -2.12. The largest absolute Gasteiger partial charge is 0.476 e. The van der Waals surface area contributed by atoms with Crippen LogP contribution in [0.15, 0.2) is 38.7 Å². The van der Waals surface area contributed by atoms with Gasteiger partial charge in [-0.1, -0.05) is 39.1 Å². The lowest BCUT2D eigenvalue weighted by Crippen LogP contribution is -2.18. The second-order valence-corrected chi connectivity index (χ2v) is 13.5. The topological polar surface area (TPSA) is 143 Å². The summed E-state index contributed by atoms with van der Waals surface area (Å²) in [5.74, 6) is -2.43. The number of rotatable bonds is 4. The van der Waals surface area contributed by atoms with Gasteiger partial charge in [0.25, 0.3) is 0 Å². The van der Waals surface area contributed by atoms with Crippen LogP contribution in [0.1, 0.15) is 22.5 Å². The molecule has 29 heteroatoms. The molecule has 0 spiro atoms. The highest BCUT2D eigenvalue weighted by atomic mass is 79.9. The maximum Gasteiger partial charge on any atom is 0.476 e. The first-order valence-corrected chi connectivity index (χ1v) is 18.0. The van der Waals surface area contributed by atoms with E-state index in [9.17, 15) is 69.9 Å². The Hall–Kier alpha value is -3.50. The van der Waals surface area contributed by atoms with E-state index in [1.165, 1.54) is 12.1 Å². The number of nitrogens with two attached hydrogens (primary N) is 1. The third-order valence-electron chi connectivity index (χ3n) is 5.78. The second-order valence-electron chi connectivity index (χ2n) is 9.08. The summed E-state index contributed by atoms with van der Waals surface area (Å²) in [5, 5.41) is 22.6. The van der Waals surface area contributed by atoms with Gasteiger partial charge in [0.1, 0.15) is 43.7 Å². The standard InChI is InChI=1S/C12H2BrClF7N3OS.C12H4ClF7N4OS.CH3Br/c13-10-9(26(25)12(19,20)21)7(3-22)23-24(10)8-5(14)1-4(2-6(8)15)11(16,17)18;13-5-1-4(11(15,16)17)2-6(14)8(5)24-10(22)9(7(3-21)23-24)26(25)12(18,19)20;1-2/h1-2H;1-2H,22H2;1H3. The molecule has 4 aromatic rings. The van der Waals surface area contributed by atoms with Crippen LogP contribution in [0.3, 0.4) is 0 Å². The minimum Gasteiger partial charge on any atom is -0.383 e. The molecule has 2 aromatic heterocycles. The molecule has 2 aromatic carbocycles. The molecule has 0 saturated heterocycles. The van der Waals surface area contributed by atoms with Crippen molar-refractivity contribution in [1.82, 2.24) is 19.6 Å². The van der Waals surface area contributed by atoms with Gasteiger partial charge in [0.05, 0.1) is 21.2 Å². The molecule has 0 aliphatic rings. The molecule has 0 saturated carbocycles. The third kappa shape index (κ3) is 10.0. The number of nitrogens with zero attached hydrogens (tertiary/aromatic N) is 6. The normalized spacial score (nSPS) is 13.1. The van der Waals surface area contributed by atoms with E-state index in [2.05, 4.69) is 42.1 Å². The van der Waals surface area contributed by atoms with Gasteiger partial charge in [0.15, 0.2) is 44.6 Å². The molecule has 0 bridgehead atoms. The van der Waals surface area contributed by atoms with Crippen LogP contribution in [0.25, 0.3) is 11.4 Å². The first-order chi connectivity index (χ1) is 24.6. The zero-order valence-electron chi connectivity index (χ0n) is 25.0. The van der Waals surface area contributed by atoms with Gasteiger partial charge < -0.3 is 5.73 Å². The Morgan fingerprint density at radius 2 is 1.02 bits per heavy atom. The number of benzene rings is 2. The zero-order valence-corrected chi connectivity index (χ0v) is 31.3. The van der Waals surface area contributed by atoms with E-state index in [4.69, 9.17) is 39.5 Å². The van der Waals surface area contributed by atoms with Crippen LogP contribution >= 0.6 is 55.1 Å². The predicted octanol–water partition coefficient (Wildman–Crippen LogP) is 9.72. The van der Waals surface area contributed by atoms with Gasteiger partial charge in [-0.25, -0.2) is 26.6 Å². The number of anilines is 1. The maximum absolute atomic E-state index is 14.1. The Kier molecular flexibility index (Phi) is 14.8. The molecule has 0 amide bonds. The van der Waals surface area contributed by atoms with Gasteiger partial charge in [-0.15, -0.1) is 0 Å². The van der Waals surface area contributed by atoms with Crippen molar-refractivity contribution >= 4 is 82.5 Å². The van der Waals surface area contributed by atoms with Gasteiger partial charge in [-0.2, -0.15) is 73.4 Å². The Balaban J connectivity index is 0.000000357. The number of hydrogen-bond donors (Lipinski definition) is 1. The van der Waals surface area contributed by atoms with Crippen LogP contribution in [0.2, 0.25) is 10.0 Å². The average Bonchev–Trinajstić information content (AvgIpc) is 3.54. The van der Waals surface area contributed by atoms with Crippen molar-refractivity contribution in [2.75, 3.05) is 11.6 Å². The van der Waals surface area contributed by atoms with E-state index < -0.39 is 121 Å². The number of nitriles is 2. The Bertz CT molecular complexity index is 2010. The van der Waals surface area contributed by atoms with Gasteiger partial charge >= 0.3 is 23.4 Å². The summed E-state index contributed by atoms with van der Waals surface area (Å²) >= 11 is 16.7. The molecule has 54 heavy (non-hydrogen) atoms. The lowest BCUT2D eigenvalue weighted by molar-refractivity contribution is -0.138. The Morgan fingerprint density at radius 3 is 1.35 bits per heavy atom. The summed E-state index contributed by atoms with van der Waals surface area (Å²) in [4.78, 5) is -2.37. The summed E-state index contributed by atoms with van der Waals surface area (Å²) < 4.78 is 203. The SMILES string of the molecule is CBr.N#Cc1nn(-c2c(F)cc(C(F)(F)F)cc2Cl)c(Br)c1S(=O)C(F)(F)F.N#Cc1nn(-c2c(F)cc(C(F)(F)F)cc2Cl)c(N)c1S(=O)C(F)(F)F. The molecule has 2 atom stereocenters. The van der Waals surface area contributed by atoms with Crippen LogP contribution in [0.5, 0.6) is 0 Å². The van der Waals surface area contributed by atoms with Crippen LogP contribution in [-0.2, 0) is 34.0 Å². The van der Waals surface area contributed by atoms with Gasteiger partial charge in [0.2, 0.25) is 0 Å². The molecular formula is C25H9Br2Cl2F14N7O2S2. The quantitative estimate of drug-likeness (QED) is 0.158. The van der Waals surface area contributed by atoms with Crippen LogP contribution in [0.4, 0.5) is 67.3 Å². The molecule has 0 fully saturated rings. The van der Waals surface area contributed by atoms with Crippen molar-refractivity contribution in [1.29, 1.82) is 10.5 Å². The van der Waals surface area contributed by atoms with Gasteiger partial charge in [-0.3, -0.25) is 0 Å². The summed E-state index contributed by atoms with van der Waals surface area (Å²) in [7, 11) is -7.49. The molecule has 0 radical (unpaired) electrons. The molecular weight excluding hydrogens is 991 g/mol. The van der Waals surface area contributed by atoms with Gasteiger partial charge in [-0.05, 0) is 46.0 Å². The van der Waals surface area contributed by atoms with E-state index >= 15 is 0 Å². The van der Waals surface area contributed by atoms with E-state index in [1.54, 1.807) is 0 Å². The lowest BCUT2D eigenvalue weighted by atomic mass is 10.2. The fourth-order valence-corrected chi connectivity index (χ4v) is 6.67. The monoisotopic (exact) mass is 997 g/mol. The molecule has 2 heterocycles. The first-order valence-electron chi connectivity index (χ1n) is 12.5. The van der Waals surface area contributed by atoms with Crippen LogP contribution < -0.4 is 5.73 Å². The van der Waals surface area contributed by atoms with Crippen molar-refractivity contribution in [2.24, 2.45) is 0 Å². The summed E-state index contributed by atoms with van der Waals surface area (Å²) in [6, 6.07) is 3.17. The van der Waals surface area contributed by atoms with Crippen molar-refractivity contribution in [3.05, 3.63) is 73.1 Å². The number of hydrogen-bond acceptors (Lipinski definition) is 7. The molecule has 4 rings (SSSR count). The molecule has 9 nitrogen and oxygen atoms in total. The third-order valence-corrected chi connectivity index (χ3v) is 9.72. The minimum atomic E-state index is -5.31. The summed E-state index contributed by atoms with van der Waals surface area (Å²) in [6.45, 7) is 0. The number of nitrogen functional groups attached to an aromatic ring is 1. The van der Waals surface area contributed by atoms with E-state index in [1.807, 2.05) is 5.83 Å². The highest BCUT2D eigenvalue weighted by molar-refractivity contribution is 9.10. The minimum absolute atomic E-state index is 0.0226. The van der Waals surface area contributed by atoms with E-state index in [0.717, 1.165) is 0 Å². The highest BCUT2D eigenvalue weighted by Crippen LogP contribution is 2.40. The first kappa shape index (κ1) is 46.7. The fourth-order valence-electron chi connectivity index (χ4n) is 3.71. The van der Waals surface area contributed by atoms with E-state index in [0.29, 0.717) is 16.8 Å². The van der Waals surface area contributed by atoms with Crippen LogP contribution in [0, 0.1) is 34.3 Å². The number of halogens is 18. The molecule has 0 aliphatic heterocycles. The molecule has 0 aliphatic carbocycles. The highest BCUT2D eigenvalue weighted by Gasteiger charge is 2.44. The number of aromatic nitrogens is 4. The van der Waals surface area contributed by atoms with Gasteiger partial charge in [0, 0.05) is 0 Å². The Morgan fingerprint density at radius 1 is 0.685 bits per heavy atom. The smallest absolute Gasteiger partial charge is 0.383 e. The Labute approximate surface area is 322 Å². The zero-order chi connectivity index (χ0) is 42.0. The van der Waals surface area contributed by atoms with Crippen molar-refractivity contribution in [3.63, 3.8) is 0 Å². The fraction of sp³-hybridized carbons (Fsp3) is 0.200. The van der Waals surface area contributed by atoms with Crippen molar-refractivity contribution in [2.45, 2.75) is 33.2 Å². The maximum atomic E-state index is 14.1. The summed E-state index contributed by atoms with van der Waals surface area (Å²) in [5.41, 5.74) is -11.9. The molecule has 2 unspecified atom stereocenters. The second kappa shape index (κ2) is 17.1. The van der Waals surface area contributed by atoms with E-state index in [-0.39, 0.29) is 16.8 Å². The number of alkyl halides is 13. The van der Waals surface area contributed by atoms with Crippen molar-refractivity contribution in [3.8, 4) is 23.5 Å². The predicted molar refractivity (Wildman–Crippen MR) is 168 cm³/mol. The summed E-state index contributed by atoms with van der Waals surface area (Å²) in [6.07, 6.45) is -9.87. The average molecular weight is 1000 g/mol. The molecule has 294 valence electrons. The van der Waals surface area contributed by atoms with Crippen molar-refractivity contribution < 1.29 is 69.9 Å². The van der Waals surface area contributed by atoms with Crippen LogP contribution in [-0.4, -0.2) is 44.8 Å². The molecule has 2 N–H and O–H groups in total.